The molecule has 2 aromatic carbocycles. The minimum atomic E-state index is 1.14. The van der Waals surface area contributed by atoms with E-state index in [9.17, 15) is 0 Å². The van der Waals surface area contributed by atoms with E-state index in [1.54, 1.807) is 0 Å². The molecule has 2 heteroatoms. The lowest BCUT2D eigenvalue weighted by Crippen LogP contribution is -1.76. The van der Waals surface area contributed by atoms with Crippen LogP contribution in [0.2, 0.25) is 0 Å². The van der Waals surface area contributed by atoms with E-state index in [0.717, 1.165) is 4.47 Å². The molecule has 0 unspecified atom stereocenters. The summed E-state index contributed by atoms with van der Waals surface area (Å²) in [4.78, 5) is 3.48. The molecule has 1 N–H and O–H groups in total. The van der Waals surface area contributed by atoms with E-state index in [-0.39, 0.29) is 0 Å². The molecule has 1 heterocycles. The molecule has 0 radical (unpaired) electrons. The van der Waals surface area contributed by atoms with Crippen molar-refractivity contribution in [3.63, 3.8) is 0 Å². The van der Waals surface area contributed by atoms with Gasteiger partial charge in [0, 0.05) is 26.3 Å². The number of fused-ring (bicyclic) bond motifs is 3. The first-order chi connectivity index (χ1) is 7.65. The molecule has 0 bridgehead atoms. The molecule has 0 saturated heterocycles. The van der Waals surface area contributed by atoms with Crippen LogP contribution in [0.3, 0.4) is 0 Å². The summed E-state index contributed by atoms with van der Waals surface area (Å²) >= 11 is 3.56. The van der Waals surface area contributed by atoms with Crippen LogP contribution >= 0.6 is 15.9 Å². The highest BCUT2D eigenvalue weighted by molar-refractivity contribution is 9.10. The molecule has 0 aliphatic rings. The second-order valence-corrected chi connectivity index (χ2v) is 5.23. The molecule has 0 aliphatic carbocycles. The van der Waals surface area contributed by atoms with Crippen molar-refractivity contribution in [1.82, 2.24) is 4.98 Å². The van der Waals surface area contributed by atoms with Gasteiger partial charge in [-0.1, -0.05) is 27.6 Å². The second kappa shape index (κ2) is 3.36. The fourth-order valence-corrected chi connectivity index (χ4v) is 2.82. The van der Waals surface area contributed by atoms with Crippen molar-refractivity contribution in [3.8, 4) is 0 Å². The average molecular weight is 274 g/mol. The van der Waals surface area contributed by atoms with Crippen LogP contribution in [0.1, 0.15) is 11.1 Å². The van der Waals surface area contributed by atoms with Gasteiger partial charge in [0.15, 0.2) is 0 Å². The summed E-state index contributed by atoms with van der Waals surface area (Å²) in [6, 6.07) is 10.9. The summed E-state index contributed by atoms with van der Waals surface area (Å²) in [6.45, 7) is 4.26. The number of aromatic amines is 1. The molecule has 16 heavy (non-hydrogen) atoms. The van der Waals surface area contributed by atoms with E-state index >= 15 is 0 Å². The van der Waals surface area contributed by atoms with Crippen LogP contribution in [0, 0.1) is 13.8 Å². The summed E-state index contributed by atoms with van der Waals surface area (Å²) in [5.74, 6) is 0. The minimum Gasteiger partial charge on any atom is -0.354 e. The van der Waals surface area contributed by atoms with Crippen LogP contribution in [-0.2, 0) is 0 Å². The zero-order valence-corrected chi connectivity index (χ0v) is 10.9. The standard InChI is InChI=1S/C14H12BrN/c1-8-3-4-13-11(5-8)12-7-10(15)6-9(2)14(12)16-13/h3-7,16H,1-2H3. The number of aromatic nitrogens is 1. The highest BCUT2D eigenvalue weighted by atomic mass is 79.9. The smallest absolute Gasteiger partial charge is 0.0495 e. The molecule has 0 amide bonds. The van der Waals surface area contributed by atoms with Gasteiger partial charge >= 0.3 is 0 Å². The third kappa shape index (κ3) is 1.37. The maximum absolute atomic E-state index is 3.56. The van der Waals surface area contributed by atoms with Crippen molar-refractivity contribution in [2.24, 2.45) is 0 Å². The SMILES string of the molecule is Cc1ccc2[nH]c3c(C)cc(Br)cc3c2c1. The summed E-state index contributed by atoms with van der Waals surface area (Å²) < 4.78 is 1.14. The first-order valence-electron chi connectivity index (χ1n) is 5.33. The molecule has 0 aliphatic heterocycles. The Labute approximate surface area is 103 Å². The summed E-state index contributed by atoms with van der Waals surface area (Å²) in [6.07, 6.45) is 0. The van der Waals surface area contributed by atoms with Gasteiger partial charge < -0.3 is 4.98 Å². The number of halogens is 1. The predicted octanol–water partition coefficient (Wildman–Crippen LogP) is 4.70. The van der Waals surface area contributed by atoms with Crippen molar-refractivity contribution < 1.29 is 0 Å². The predicted molar refractivity (Wildman–Crippen MR) is 73.0 cm³/mol. The topological polar surface area (TPSA) is 15.8 Å². The van der Waals surface area contributed by atoms with Crippen molar-refractivity contribution >= 4 is 37.7 Å². The summed E-state index contributed by atoms with van der Waals surface area (Å²) in [7, 11) is 0. The molecule has 0 fully saturated rings. The van der Waals surface area contributed by atoms with Crippen LogP contribution in [0.5, 0.6) is 0 Å². The highest BCUT2D eigenvalue weighted by Gasteiger charge is 2.07. The fraction of sp³-hybridized carbons (Fsp3) is 0.143. The Hall–Kier alpha value is -1.28. The van der Waals surface area contributed by atoms with Gasteiger partial charge in [-0.3, -0.25) is 0 Å². The second-order valence-electron chi connectivity index (χ2n) is 4.32. The van der Waals surface area contributed by atoms with Gasteiger partial charge in [-0.15, -0.1) is 0 Å². The normalized spacial score (nSPS) is 11.4. The number of hydrogen-bond acceptors (Lipinski definition) is 0. The lowest BCUT2D eigenvalue weighted by atomic mass is 10.1. The molecule has 1 aromatic heterocycles. The summed E-state index contributed by atoms with van der Waals surface area (Å²) in [5, 5.41) is 2.60. The third-order valence-electron chi connectivity index (χ3n) is 3.03. The van der Waals surface area contributed by atoms with E-state index < -0.39 is 0 Å². The van der Waals surface area contributed by atoms with E-state index in [0.29, 0.717) is 0 Å². The van der Waals surface area contributed by atoms with Crippen molar-refractivity contribution in [2.45, 2.75) is 13.8 Å². The molecule has 1 nitrogen and oxygen atoms in total. The Morgan fingerprint density at radius 2 is 1.81 bits per heavy atom. The van der Waals surface area contributed by atoms with Crippen molar-refractivity contribution in [3.05, 3.63) is 45.9 Å². The zero-order chi connectivity index (χ0) is 11.3. The Kier molecular flexibility index (Phi) is 2.08. The number of aryl methyl sites for hydroxylation is 2. The molecular weight excluding hydrogens is 262 g/mol. The van der Waals surface area contributed by atoms with Crippen molar-refractivity contribution in [1.29, 1.82) is 0 Å². The lowest BCUT2D eigenvalue weighted by molar-refractivity contribution is 1.44. The fourth-order valence-electron chi connectivity index (χ4n) is 2.25. The van der Waals surface area contributed by atoms with Gasteiger partial charge in [-0.2, -0.15) is 0 Å². The largest absolute Gasteiger partial charge is 0.354 e. The van der Waals surface area contributed by atoms with E-state index in [1.165, 1.54) is 32.9 Å². The third-order valence-corrected chi connectivity index (χ3v) is 3.48. The number of rotatable bonds is 0. The maximum atomic E-state index is 3.56. The van der Waals surface area contributed by atoms with Crippen LogP contribution in [-0.4, -0.2) is 4.98 Å². The molecule has 0 spiro atoms. The van der Waals surface area contributed by atoms with Gasteiger partial charge in [0.1, 0.15) is 0 Å². The van der Waals surface area contributed by atoms with E-state index in [1.807, 2.05) is 0 Å². The number of hydrogen-bond donors (Lipinski definition) is 1. The van der Waals surface area contributed by atoms with Crippen LogP contribution < -0.4 is 0 Å². The van der Waals surface area contributed by atoms with Gasteiger partial charge in [-0.25, -0.2) is 0 Å². The highest BCUT2D eigenvalue weighted by Crippen LogP contribution is 2.30. The molecule has 0 atom stereocenters. The monoisotopic (exact) mass is 273 g/mol. The quantitative estimate of drug-likeness (QED) is 0.611. The van der Waals surface area contributed by atoms with Crippen LogP contribution in [0.15, 0.2) is 34.8 Å². The molecule has 3 rings (SSSR count). The Bertz CT molecular complexity index is 695. The molecule has 3 aromatic rings. The molecular formula is C14H12BrN. The minimum absolute atomic E-state index is 1.14. The van der Waals surface area contributed by atoms with Gasteiger partial charge in [0.05, 0.1) is 0 Å². The first-order valence-corrected chi connectivity index (χ1v) is 6.12. The Balaban J connectivity index is 2.57. The number of H-pyrrole nitrogens is 1. The van der Waals surface area contributed by atoms with Crippen LogP contribution in [0.4, 0.5) is 0 Å². The number of nitrogens with one attached hydrogen (secondary N) is 1. The zero-order valence-electron chi connectivity index (χ0n) is 9.26. The van der Waals surface area contributed by atoms with E-state index in [4.69, 9.17) is 0 Å². The molecule has 80 valence electrons. The van der Waals surface area contributed by atoms with E-state index in [2.05, 4.69) is 65.1 Å². The van der Waals surface area contributed by atoms with Crippen LogP contribution in [0.25, 0.3) is 21.8 Å². The van der Waals surface area contributed by atoms with Gasteiger partial charge in [0.2, 0.25) is 0 Å². The lowest BCUT2D eigenvalue weighted by Gasteiger charge is -1.98. The first kappa shape index (κ1) is 9.91. The maximum Gasteiger partial charge on any atom is 0.0495 e. The average Bonchev–Trinajstić information content (AvgIpc) is 2.57. The van der Waals surface area contributed by atoms with Gasteiger partial charge in [0.25, 0.3) is 0 Å². The Morgan fingerprint density at radius 3 is 2.62 bits per heavy atom. The number of benzene rings is 2. The molecule has 0 saturated carbocycles. The Morgan fingerprint density at radius 1 is 1.00 bits per heavy atom. The van der Waals surface area contributed by atoms with Crippen molar-refractivity contribution in [2.75, 3.05) is 0 Å². The van der Waals surface area contributed by atoms with Gasteiger partial charge in [-0.05, 0) is 43.7 Å². The summed E-state index contributed by atoms with van der Waals surface area (Å²) in [5.41, 5.74) is 5.02.